The molecular formula is C16H33N3O2. The first-order valence-electron chi connectivity index (χ1n) is 8.32. The number of urea groups is 1. The van der Waals surface area contributed by atoms with Gasteiger partial charge in [0, 0.05) is 25.7 Å². The Balaban J connectivity index is 2.20. The van der Waals surface area contributed by atoms with E-state index in [-0.39, 0.29) is 12.1 Å². The topological polar surface area (TPSA) is 64.6 Å². The molecule has 3 atom stereocenters. The van der Waals surface area contributed by atoms with E-state index in [2.05, 4.69) is 29.4 Å². The molecule has 1 rings (SSSR count). The molecule has 0 saturated carbocycles. The quantitative estimate of drug-likeness (QED) is 0.640. The summed E-state index contributed by atoms with van der Waals surface area (Å²) in [5.41, 5.74) is 0. The molecule has 1 heterocycles. The fraction of sp³-hybridized carbons (Fsp3) is 0.938. The average molecular weight is 299 g/mol. The van der Waals surface area contributed by atoms with Crippen LogP contribution < -0.4 is 10.6 Å². The summed E-state index contributed by atoms with van der Waals surface area (Å²) in [5, 5.41) is 15.2. The fourth-order valence-corrected chi connectivity index (χ4v) is 3.04. The van der Waals surface area contributed by atoms with Crippen LogP contribution in [-0.4, -0.2) is 54.4 Å². The second-order valence-electron chi connectivity index (χ2n) is 6.97. The van der Waals surface area contributed by atoms with Crippen molar-refractivity contribution in [3.63, 3.8) is 0 Å². The molecule has 21 heavy (non-hydrogen) atoms. The number of carbonyl (C=O) groups is 1. The lowest BCUT2D eigenvalue weighted by Crippen LogP contribution is -2.45. The number of hydrogen-bond donors (Lipinski definition) is 3. The minimum Gasteiger partial charge on any atom is -0.393 e. The van der Waals surface area contributed by atoms with Gasteiger partial charge in [-0.05, 0) is 44.6 Å². The molecule has 5 heteroatoms. The first kappa shape index (κ1) is 18.2. The maximum absolute atomic E-state index is 11.8. The average Bonchev–Trinajstić information content (AvgIpc) is 2.79. The molecule has 0 radical (unpaired) electrons. The number of carbonyl (C=O) groups excluding carboxylic acids is 1. The van der Waals surface area contributed by atoms with Crippen LogP contribution in [0.25, 0.3) is 0 Å². The maximum Gasteiger partial charge on any atom is 0.314 e. The summed E-state index contributed by atoms with van der Waals surface area (Å²) in [4.78, 5) is 14.3. The van der Waals surface area contributed by atoms with Gasteiger partial charge in [-0.2, -0.15) is 0 Å². The number of nitrogens with zero attached hydrogens (tertiary/aromatic N) is 1. The van der Waals surface area contributed by atoms with E-state index >= 15 is 0 Å². The van der Waals surface area contributed by atoms with Crippen molar-refractivity contribution in [2.45, 2.75) is 59.1 Å². The van der Waals surface area contributed by atoms with Crippen LogP contribution in [0.3, 0.4) is 0 Å². The van der Waals surface area contributed by atoms with Crippen molar-refractivity contribution in [3.05, 3.63) is 0 Å². The van der Waals surface area contributed by atoms with Gasteiger partial charge in [-0.25, -0.2) is 4.79 Å². The first-order valence-corrected chi connectivity index (χ1v) is 8.32. The Morgan fingerprint density at radius 2 is 2.00 bits per heavy atom. The van der Waals surface area contributed by atoms with Crippen LogP contribution in [-0.2, 0) is 0 Å². The fourth-order valence-electron chi connectivity index (χ4n) is 3.04. The third-order valence-corrected chi connectivity index (χ3v) is 3.95. The monoisotopic (exact) mass is 299 g/mol. The van der Waals surface area contributed by atoms with E-state index in [1.807, 2.05) is 6.92 Å². The van der Waals surface area contributed by atoms with E-state index < -0.39 is 0 Å². The minimum atomic E-state index is -0.312. The van der Waals surface area contributed by atoms with Crippen molar-refractivity contribution in [1.29, 1.82) is 0 Å². The van der Waals surface area contributed by atoms with Crippen LogP contribution in [0.4, 0.5) is 4.79 Å². The van der Waals surface area contributed by atoms with Crippen LogP contribution in [0.1, 0.15) is 47.0 Å². The zero-order valence-corrected chi connectivity index (χ0v) is 14.1. The van der Waals surface area contributed by atoms with E-state index in [1.165, 1.54) is 12.8 Å². The van der Waals surface area contributed by atoms with Gasteiger partial charge in [0.15, 0.2) is 0 Å². The smallest absolute Gasteiger partial charge is 0.314 e. The zero-order chi connectivity index (χ0) is 15.8. The SMILES string of the molecule is CC(C)CN1CCC[C@H]1CNC(=O)NCC(C)CC(C)O. The lowest BCUT2D eigenvalue weighted by molar-refractivity contribution is 0.163. The van der Waals surface area contributed by atoms with Gasteiger partial charge < -0.3 is 15.7 Å². The number of amides is 2. The molecule has 1 aliphatic rings. The van der Waals surface area contributed by atoms with Crippen molar-refractivity contribution in [2.75, 3.05) is 26.2 Å². The highest BCUT2D eigenvalue weighted by molar-refractivity contribution is 5.73. The number of hydrogen-bond acceptors (Lipinski definition) is 3. The molecule has 1 fully saturated rings. The minimum absolute atomic E-state index is 0.0937. The molecular weight excluding hydrogens is 266 g/mol. The summed E-state index contributed by atoms with van der Waals surface area (Å²) in [6.45, 7) is 11.9. The molecule has 5 nitrogen and oxygen atoms in total. The summed E-state index contributed by atoms with van der Waals surface area (Å²) in [6.07, 6.45) is 2.80. The lowest BCUT2D eigenvalue weighted by Gasteiger charge is -2.26. The second-order valence-corrected chi connectivity index (χ2v) is 6.97. The van der Waals surface area contributed by atoms with Gasteiger partial charge >= 0.3 is 6.03 Å². The molecule has 3 N–H and O–H groups in total. The Morgan fingerprint density at radius 1 is 1.29 bits per heavy atom. The maximum atomic E-state index is 11.8. The number of aliphatic hydroxyl groups is 1. The third kappa shape index (κ3) is 7.67. The molecule has 124 valence electrons. The molecule has 2 amide bonds. The van der Waals surface area contributed by atoms with Gasteiger partial charge in [0.2, 0.25) is 0 Å². The van der Waals surface area contributed by atoms with Gasteiger partial charge in [0.05, 0.1) is 6.10 Å². The molecule has 0 spiro atoms. The van der Waals surface area contributed by atoms with Gasteiger partial charge in [-0.1, -0.05) is 20.8 Å². The highest BCUT2D eigenvalue weighted by atomic mass is 16.3. The summed E-state index contributed by atoms with van der Waals surface area (Å²) in [7, 11) is 0. The highest BCUT2D eigenvalue weighted by Gasteiger charge is 2.25. The van der Waals surface area contributed by atoms with Crippen LogP contribution in [0.2, 0.25) is 0 Å². The van der Waals surface area contributed by atoms with Crippen molar-refractivity contribution in [3.8, 4) is 0 Å². The molecule has 1 aliphatic heterocycles. The van der Waals surface area contributed by atoms with Gasteiger partial charge in [-0.15, -0.1) is 0 Å². The van der Waals surface area contributed by atoms with E-state index in [4.69, 9.17) is 0 Å². The van der Waals surface area contributed by atoms with E-state index in [1.54, 1.807) is 6.92 Å². The van der Waals surface area contributed by atoms with Crippen molar-refractivity contribution < 1.29 is 9.90 Å². The number of aliphatic hydroxyl groups excluding tert-OH is 1. The lowest BCUT2D eigenvalue weighted by atomic mass is 10.1. The van der Waals surface area contributed by atoms with Gasteiger partial charge in [0.25, 0.3) is 0 Å². The van der Waals surface area contributed by atoms with E-state index in [0.29, 0.717) is 30.8 Å². The molecule has 0 aromatic rings. The van der Waals surface area contributed by atoms with Crippen LogP contribution in [0.5, 0.6) is 0 Å². The Morgan fingerprint density at radius 3 is 2.62 bits per heavy atom. The number of rotatable bonds is 8. The largest absolute Gasteiger partial charge is 0.393 e. The summed E-state index contributed by atoms with van der Waals surface area (Å²) in [6, 6.07) is 0.386. The molecule has 0 aliphatic carbocycles. The van der Waals surface area contributed by atoms with Gasteiger partial charge in [0.1, 0.15) is 0 Å². The van der Waals surface area contributed by atoms with Crippen LogP contribution >= 0.6 is 0 Å². The third-order valence-electron chi connectivity index (χ3n) is 3.95. The van der Waals surface area contributed by atoms with Gasteiger partial charge in [-0.3, -0.25) is 4.90 Å². The molecule has 0 aromatic carbocycles. The Kier molecular flexibility index (Phi) is 8.04. The van der Waals surface area contributed by atoms with Crippen LogP contribution in [0.15, 0.2) is 0 Å². The molecule has 2 unspecified atom stereocenters. The Bertz CT molecular complexity index is 308. The summed E-state index contributed by atoms with van der Waals surface area (Å²) in [5.74, 6) is 0.959. The zero-order valence-electron chi connectivity index (χ0n) is 14.1. The summed E-state index contributed by atoms with van der Waals surface area (Å²) < 4.78 is 0. The predicted octanol–water partition coefficient (Wildman–Crippen LogP) is 1.81. The standard InChI is InChI=1S/C16H33N3O2/c1-12(2)11-19-7-5-6-15(19)10-18-16(21)17-9-13(3)8-14(4)20/h12-15,20H,5-11H2,1-4H3,(H2,17,18,21)/t13?,14?,15-/m0/s1. The Labute approximate surface area is 129 Å². The first-order chi connectivity index (χ1) is 9.88. The van der Waals surface area contributed by atoms with Crippen molar-refractivity contribution in [1.82, 2.24) is 15.5 Å². The van der Waals surface area contributed by atoms with Crippen molar-refractivity contribution in [2.24, 2.45) is 11.8 Å². The van der Waals surface area contributed by atoms with Crippen molar-refractivity contribution >= 4 is 6.03 Å². The number of likely N-dealkylation sites (tertiary alicyclic amines) is 1. The predicted molar refractivity (Wildman–Crippen MR) is 86.3 cm³/mol. The van der Waals surface area contributed by atoms with E-state index in [9.17, 15) is 9.90 Å². The highest BCUT2D eigenvalue weighted by Crippen LogP contribution is 2.17. The normalized spacial score (nSPS) is 22.3. The molecule has 0 aromatic heterocycles. The van der Waals surface area contributed by atoms with E-state index in [0.717, 1.165) is 19.6 Å². The molecule has 0 bridgehead atoms. The number of nitrogens with one attached hydrogen (secondary N) is 2. The summed E-state index contributed by atoms with van der Waals surface area (Å²) >= 11 is 0. The molecule has 1 saturated heterocycles. The Hall–Kier alpha value is -0.810. The second kappa shape index (κ2) is 9.26. The van der Waals surface area contributed by atoms with Crippen LogP contribution in [0, 0.1) is 11.8 Å².